The monoisotopic (exact) mass is 264 g/mol. The number of aromatic nitrogens is 2. The van der Waals surface area contributed by atoms with Gasteiger partial charge in [-0.2, -0.15) is 0 Å². The number of carboxylic acids is 1. The molecule has 1 heterocycles. The molecule has 0 bridgehead atoms. The Morgan fingerprint density at radius 2 is 2.16 bits per heavy atom. The lowest BCUT2D eigenvalue weighted by atomic mass is 10.3. The summed E-state index contributed by atoms with van der Waals surface area (Å²) in [4.78, 5) is 30.3. The molecule has 3 N–H and O–H groups in total. The van der Waals surface area contributed by atoms with Gasteiger partial charge in [0.25, 0.3) is 0 Å². The molecule has 7 nitrogen and oxygen atoms in total. The Balaban J connectivity index is 1.85. The highest BCUT2D eigenvalue weighted by Crippen LogP contribution is 2.28. The number of aryl methyl sites for hydroxylation is 1. The molecule has 1 aromatic heterocycles. The summed E-state index contributed by atoms with van der Waals surface area (Å²) in [6, 6.07) is 0. The number of nitrogens with one attached hydrogen (secondary N) is 2. The van der Waals surface area contributed by atoms with E-state index in [0.717, 1.165) is 12.8 Å². The van der Waals surface area contributed by atoms with Crippen LogP contribution in [0.3, 0.4) is 0 Å². The van der Waals surface area contributed by atoms with Crippen LogP contribution in [0.25, 0.3) is 0 Å². The number of rotatable bonds is 6. The largest absolute Gasteiger partial charge is 0.477 e. The van der Waals surface area contributed by atoms with Crippen molar-refractivity contribution in [3.8, 4) is 0 Å². The third kappa shape index (κ3) is 3.64. The summed E-state index contributed by atoms with van der Waals surface area (Å²) < 4.78 is 0. The van der Waals surface area contributed by atoms with E-state index in [2.05, 4.69) is 20.6 Å². The number of carbonyl (C=O) groups excluding carboxylic acids is 1. The van der Waals surface area contributed by atoms with Crippen molar-refractivity contribution in [1.29, 1.82) is 0 Å². The van der Waals surface area contributed by atoms with Crippen molar-refractivity contribution < 1.29 is 14.7 Å². The predicted octanol–water partition coefficient (Wildman–Crippen LogP) is 0.421. The summed E-state index contributed by atoms with van der Waals surface area (Å²) in [6.45, 7) is 2.55. The van der Waals surface area contributed by atoms with Crippen LogP contribution in [0.4, 0.5) is 5.82 Å². The van der Waals surface area contributed by atoms with Gasteiger partial charge in [-0.15, -0.1) is 0 Å². The number of anilines is 1. The van der Waals surface area contributed by atoms with E-state index in [-0.39, 0.29) is 23.2 Å². The minimum absolute atomic E-state index is 0.0270. The third-order valence-corrected chi connectivity index (χ3v) is 2.80. The van der Waals surface area contributed by atoms with Crippen LogP contribution in [-0.2, 0) is 4.79 Å². The van der Waals surface area contributed by atoms with Crippen molar-refractivity contribution in [3.05, 3.63) is 17.6 Å². The first kappa shape index (κ1) is 13.3. The van der Waals surface area contributed by atoms with E-state index >= 15 is 0 Å². The Morgan fingerprint density at radius 3 is 2.79 bits per heavy atom. The topological polar surface area (TPSA) is 104 Å². The van der Waals surface area contributed by atoms with Gasteiger partial charge in [0.1, 0.15) is 17.2 Å². The van der Waals surface area contributed by atoms with Crippen molar-refractivity contribution in [3.63, 3.8) is 0 Å². The van der Waals surface area contributed by atoms with Gasteiger partial charge < -0.3 is 15.7 Å². The minimum atomic E-state index is -1.08. The standard InChI is InChI=1S/C12H16N4O3/c1-7-15-6-9(12(18)19)10(16-7)13-4-5-14-11(17)8-2-3-8/h6,8H,2-5H2,1H3,(H,14,17)(H,18,19)(H,13,15,16). The molecule has 1 fully saturated rings. The maximum Gasteiger partial charge on any atom is 0.341 e. The molecule has 0 aliphatic heterocycles. The molecular formula is C12H16N4O3. The zero-order valence-electron chi connectivity index (χ0n) is 10.6. The Morgan fingerprint density at radius 1 is 1.42 bits per heavy atom. The lowest BCUT2D eigenvalue weighted by Gasteiger charge is -2.09. The van der Waals surface area contributed by atoms with Crippen LogP contribution in [0.15, 0.2) is 6.20 Å². The molecule has 102 valence electrons. The molecule has 1 aromatic rings. The van der Waals surface area contributed by atoms with Gasteiger partial charge >= 0.3 is 5.97 Å². The second-order valence-electron chi connectivity index (χ2n) is 4.48. The lowest BCUT2D eigenvalue weighted by Crippen LogP contribution is -2.30. The van der Waals surface area contributed by atoms with Crippen molar-refractivity contribution in [1.82, 2.24) is 15.3 Å². The van der Waals surface area contributed by atoms with Gasteiger partial charge in [0.15, 0.2) is 0 Å². The van der Waals surface area contributed by atoms with Gasteiger partial charge in [-0.05, 0) is 19.8 Å². The van der Waals surface area contributed by atoms with Gasteiger partial charge in [-0.1, -0.05) is 0 Å². The zero-order chi connectivity index (χ0) is 13.8. The normalized spacial score (nSPS) is 13.9. The van der Waals surface area contributed by atoms with E-state index in [9.17, 15) is 9.59 Å². The predicted molar refractivity (Wildman–Crippen MR) is 68.0 cm³/mol. The summed E-state index contributed by atoms with van der Waals surface area (Å²) in [6.07, 6.45) is 3.21. The maximum atomic E-state index is 11.4. The van der Waals surface area contributed by atoms with Gasteiger partial charge in [0.05, 0.1) is 0 Å². The number of carboxylic acid groups (broad SMARTS) is 1. The average molecular weight is 264 g/mol. The fourth-order valence-electron chi connectivity index (χ4n) is 1.62. The molecule has 0 atom stereocenters. The Hall–Kier alpha value is -2.18. The minimum Gasteiger partial charge on any atom is -0.477 e. The molecule has 0 unspecified atom stereocenters. The molecule has 19 heavy (non-hydrogen) atoms. The highest BCUT2D eigenvalue weighted by Gasteiger charge is 2.28. The summed E-state index contributed by atoms with van der Waals surface area (Å²) in [5, 5.41) is 14.7. The van der Waals surface area contributed by atoms with Crippen LogP contribution < -0.4 is 10.6 Å². The number of carbonyl (C=O) groups is 2. The molecule has 1 aliphatic rings. The summed E-state index contributed by atoms with van der Waals surface area (Å²) in [5.74, 6) is -0.0605. The second-order valence-corrected chi connectivity index (χ2v) is 4.48. The fourth-order valence-corrected chi connectivity index (χ4v) is 1.62. The highest BCUT2D eigenvalue weighted by atomic mass is 16.4. The SMILES string of the molecule is Cc1ncc(C(=O)O)c(NCCNC(=O)C2CC2)n1. The highest BCUT2D eigenvalue weighted by molar-refractivity contribution is 5.92. The average Bonchev–Trinajstić information content (AvgIpc) is 3.18. The molecule has 0 aromatic carbocycles. The Bertz CT molecular complexity index is 500. The van der Waals surface area contributed by atoms with E-state index in [1.54, 1.807) is 6.92 Å². The quantitative estimate of drug-likeness (QED) is 0.643. The van der Waals surface area contributed by atoms with Crippen molar-refractivity contribution in [2.75, 3.05) is 18.4 Å². The van der Waals surface area contributed by atoms with Crippen LogP contribution in [0.1, 0.15) is 29.0 Å². The number of hydrogen-bond acceptors (Lipinski definition) is 5. The van der Waals surface area contributed by atoms with Crippen LogP contribution in [0, 0.1) is 12.8 Å². The molecule has 0 saturated heterocycles. The van der Waals surface area contributed by atoms with E-state index in [1.807, 2.05) is 0 Å². The first-order valence-electron chi connectivity index (χ1n) is 6.16. The van der Waals surface area contributed by atoms with Crippen molar-refractivity contribution in [2.45, 2.75) is 19.8 Å². The van der Waals surface area contributed by atoms with Crippen molar-refractivity contribution >= 4 is 17.7 Å². The van der Waals surface area contributed by atoms with Gasteiger partial charge in [0.2, 0.25) is 5.91 Å². The van der Waals surface area contributed by atoms with Crippen LogP contribution >= 0.6 is 0 Å². The van der Waals surface area contributed by atoms with E-state index in [1.165, 1.54) is 6.20 Å². The Kier molecular flexibility index (Phi) is 3.94. The molecule has 1 saturated carbocycles. The molecule has 0 spiro atoms. The van der Waals surface area contributed by atoms with E-state index in [0.29, 0.717) is 18.9 Å². The molecule has 1 aliphatic carbocycles. The van der Waals surface area contributed by atoms with Gasteiger partial charge in [-0.3, -0.25) is 4.79 Å². The number of amides is 1. The number of aromatic carboxylic acids is 1. The van der Waals surface area contributed by atoms with Gasteiger partial charge in [0, 0.05) is 25.2 Å². The van der Waals surface area contributed by atoms with Crippen LogP contribution in [0.2, 0.25) is 0 Å². The molecule has 0 radical (unpaired) electrons. The van der Waals surface area contributed by atoms with E-state index < -0.39 is 5.97 Å². The summed E-state index contributed by atoms with van der Waals surface area (Å²) in [5.41, 5.74) is 0.0270. The van der Waals surface area contributed by atoms with E-state index in [4.69, 9.17) is 5.11 Å². The molecule has 2 rings (SSSR count). The maximum absolute atomic E-state index is 11.4. The van der Waals surface area contributed by atoms with Gasteiger partial charge in [-0.25, -0.2) is 14.8 Å². The second kappa shape index (κ2) is 5.64. The van der Waals surface area contributed by atoms with Crippen LogP contribution in [-0.4, -0.2) is 40.0 Å². The molecule has 7 heteroatoms. The number of hydrogen-bond donors (Lipinski definition) is 3. The molecule has 1 amide bonds. The smallest absolute Gasteiger partial charge is 0.341 e. The van der Waals surface area contributed by atoms with Crippen LogP contribution in [0.5, 0.6) is 0 Å². The summed E-state index contributed by atoms with van der Waals surface area (Å²) >= 11 is 0. The summed E-state index contributed by atoms with van der Waals surface area (Å²) in [7, 11) is 0. The Labute approximate surface area is 110 Å². The van der Waals surface area contributed by atoms with Crippen molar-refractivity contribution in [2.24, 2.45) is 5.92 Å². The number of nitrogens with zero attached hydrogens (tertiary/aromatic N) is 2. The first-order chi connectivity index (χ1) is 9.08. The third-order valence-electron chi connectivity index (χ3n) is 2.80. The first-order valence-corrected chi connectivity index (χ1v) is 6.16. The molecular weight excluding hydrogens is 248 g/mol. The fraction of sp³-hybridized carbons (Fsp3) is 0.500. The zero-order valence-corrected chi connectivity index (χ0v) is 10.6. The lowest BCUT2D eigenvalue weighted by molar-refractivity contribution is -0.122.